The van der Waals surface area contributed by atoms with Crippen molar-refractivity contribution in [3.8, 4) is 5.88 Å². The Bertz CT molecular complexity index is 934. The van der Waals surface area contributed by atoms with E-state index in [4.69, 9.17) is 33.7 Å². The Labute approximate surface area is 167 Å². The minimum atomic E-state index is -4.83. The lowest BCUT2D eigenvalue weighted by Gasteiger charge is -2.17. The van der Waals surface area contributed by atoms with Gasteiger partial charge in [-0.25, -0.2) is 4.98 Å². The molecule has 2 rings (SSSR count). The SMILES string of the molecule is COc1ccc(Cl)c(C(=O)c2c(NC(=O)[C@H](C)N)ccc(C(F)(F)F)c2Cl)n1. The summed E-state index contributed by atoms with van der Waals surface area (Å²) in [5, 5.41) is 1.25. The molecule has 0 radical (unpaired) electrons. The standard InChI is InChI=1S/C17H14Cl2F3N3O3/c1-7(23)16(27)24-10-5-3-8(17(20,21)22)13(19)12(10)15(26)14-9(18)4-6-11(25-14)28-2/h3-7H,23H2,1-2H3,(H,24,27)/t7-/m0/s1. The number of anilines is 1. The van der Waals surface area contributed by atoms with Crippen molar-refractivity contribution in [1.29, 1.82) is 0 Å². The molecule has 1 heterocycles. The van der Waals surface area contributed by atoms with Crippen molar-refractivity contribution in [2.45, 2.75) is 19.1 Å². The Hall–Kier alpha value is -2.36. The van der Waals surface area contributed by atoms with Crippen LogP contribution in [0.2, 0.25) is 10.0 Å². The zero-order valence-electron chi connectivity index (χ0n) is 14.5. The molecule has 0 unspecified atom stereocenters. The van der Waals surface area contributed by atoms with Crippen molar-refractivity contribution < 1.29 is 27.5 Å². The third-order valence-corrected chi connectivity index (χ3v) is 4.29. The Morgan fingerprint density at radius 1 is 1.21 bits per heavy atom. The minimum absolute atomic E-state index is 0.0111. The molecule has 1 aromatic carbocycles. The molecular weight excluding hydrogens is 422 g/mol. The predicted octanol–water partition coefficient (Wildman–Crippen LogP) is 3.93. The number of nitrogens with one attached hydrogen (secondary N) is 1. The first kappa shape index (κ1) is 21.9. The number of ketones is 1. The highest BCUT2D eigenvalue weighted by atomic mass is 35.5. The fourth-order valence-corrected chi connectivity index (χ4v) is 2.73. The van der Waals surface area contributed by atoms with E-state index in [0.717, 1.165) is 6.07 Å². The van der Waals surface area contributed by atoms with Crippen molar-refractivity contribution in [3.63, 3.8) is 0 Å². The molecule has 0 aliphatic heterocycles. The van der Waals surface area contributed by atoms with E-state index in [1.165, 1.54) is 26.2 Å². The highest BCUT2D eigenvalue weighted by molar-refractivity contribution is 6.39. The van der Waals surface area contributed by atoms with Crippen molar-refractivity contribution in [3.05, 3.63) is 51.1 Å². The van der Waals surface area contributed by atoms with Crippen molar-refractivity contribution in [2.75, 3.05) is 12.4 Å². The molecule has 28 heavy (non-hydrogen) atoms. The third kappa shape index (κ3) is 4.54. The van der Waals surface area contributed by atoms with Crippen LogP contribution >= 0.6 is 23.2 Å². The maximum atomic E-state index is 13.3. The fraction of sp³-hybridized carbons (Fsp3) is 0.235. The molecule has 3 N–H and O–H groups in total. The summed E-state index contributed by atoms with van der Waals surface area (Å²) < 4.78 is 44.7. The van der Waals surface area contributed by atoms with E-state index in [-0.39, 0.29) is 16.6 Å². The molecule has 0 aliphatic carbocycles. The van der Waals surface area contributed by atoms with E-state index in [1.54, 1.807) is 0 Å². The molecule has 0 fully saturated rings. The summed E-state index contributed by atoms with van der Waals surface area (Å²) in [7, 11) is 1.29. The Morgan fingerprint density at radius 2 is 1.86 bits per heavy atom. The van der Waals surface area contributed by atoms with Crippen LogP contribution in [-0.4, -0.2) is 29.8 Å². The number of hydrogen-bond acceptors (Lipinski definition) is 5. The lowest BCUT2D eigenvalue weighted by Crippen LogP contribution is -2.33. The summed E-state index contributed by atoms with van der Waals surface area (Å²) in [4.78, 5) is 28.8. The third-order valence-electron chi connectivity index (χ3n) is 3.59. The van der Waals surface area contributed by atoms with Gasteiger partial charge < -0.3 is 15.8 Å². The number of nitrogens with zero attached hydrogens (tertiary/aromatic N) is 1. The van der Waals surface area contributed by atoms with E-state index in [1.807, 2.05) is 0 Å². The Kier molecular flexibility index (Phi) is 6.53. The molecule has 0 aliphatic rings. The van der Waals surface area contributed by atoms with Gasteiger partial charge in [0.15, 0.2) is 0 Å². The first-order chi connectivity index (χ1) is 13.0. The number of nitrogens with two attached hydrogens (primary N) is 1. The number of halogens is 5. The van der Waals surface area contributed by atoms with Crippen molar-refractivity contribution in [2.24, 2.45) is 5.73 Å². The van der Waals surface area contributed by atoms with Gasteiger partial charge in [0.1, 0.15) is 5.69 Å². The lowest BCUT2D eigenvalue weighted by atomic mass is 10.0. The minimum Gasteiger partial charge on any atom is -0.481 e. The second kappa shape index (κ2) is 8.34. The number of aromatic nitrogens is 1. The molecule has 2 aromatic rings. The molecule has 1 aromatic heterocycles. The van der Waals surface area contributed by atoms with Gasteiger partial charge >= 0.3 is 6.18 Å². The number of alkyl halides is 3. The summed E-state index contributed by atoms with van der Waals surface area (Å²) >= 11 is 11.9. The van der Waals surface area contributed by atoms with Crippen LogP contribution in [0.1, 0.15) is 28.5 Å². The lowest BCUT2D eigenvalue weighted by molar-refractivity contribution is -0.137. The molecule has 0 bridgehead atoms. The average molecular weight is 436 g/mol. The molecule has 11 heteroatoms. The van der Waals surface area contributed by atoms with Gasteiger partial charge in [0.05, 0.1) is 40.0 Å². The maximum absolute atomic E-state index is 13.3. The summed E-state index contributed by atoms with van der Waals surface area (Å²) in [6.07, 6.45) is -4.83. The molecule has 0 spiro atoms. The Morgan fingerprint density at radius 3 is 2.39 bits per heavy atom. The molecule has 150 valence electrons. The summed E-state index contributed by atoms with van der Waals surface area (Å²) in [5.41, 5.74) is 2.94. The summed E-state index contributed by atoms with van der Waals surface area (Å²) in [6, 6.07) is 3.24. The molecule has 6 nitrogen and oxygen atoms in total. The van der Waals surface area contributed by atoms with Gasteiger partial charge in [-0.15, -0.1) is 0 Å². The van der Waals surface area contributed by atoms with Gasteiger partial charge in [-0.2, -0.15) is 13.2 Å². The van der Waals surface area contributed by atoms with Gasteiger partial charge in [-0.1, -0.05) is 23.2 Å². The largest absolute Gasteiger partial charge is 0.481 e. The zero-order valence-corrected chi connectivity index (χ0v) is 16.0. The van der Waals surface area contributed by atoms with E-state index >= 15 is 0 Å². The summed E-state index contributed by atoms with van der Waals surface area (Å²) in [5.74, 6) is -1.74. The number of methoxy groups -OCH3 is 1. The van der Waals surface area contributed by atoms with Gasteiger partial charge in [-0.3, -0.25) is 9.59 Å². The van der Waals surface area contributed by atoms with Crippen molar-refractivity contribution >= 4 is 40.6 Å². The van der Waals surface area contributed by atoms with Gasteiger partial charge in [0, 0.05) is 6.07 Å². The first-order valence-corrected chi connectivity index (χ1v) is 8.44. The van der Waals surface area contributed by atoms with Gasteiger partial charge in [0.2, 0.25) is 17.6 Å². The van der Waals surface area contributed by atoms with Crippen LogP contribution in [0.3, 0.4) is 0 Å². The number of rotatable bonds is 5. The van der Waals surface area contributed by atoms with E-state index in [2.05, 4.69) is 10.3 Å². The van der Waals surface area contributed by atoms with Crippen LogP contribution in [0.25, 0.3) is 0 Å². The van der Waals surface area contributed by atoms with Crippen LogP contribution in [0, 0.1) is 0 Å². The van der Waals surface area contributed by atoms with E-state index in [0.29, 0.717) is 6.07 Å². The molecule has 1 amide bonds. The number of carbonyl (C=O) groups excluding carboxylic acids is 2. The van der Waals surface area contributed by atoms with Crippen LogP contribution in [0.5, 0.6) is 5.88 Å². The predicted molar refractivity (Wildman–Crippen MR) is 98.0 cm³/mol. The van der Waals surface area contributed by atoms with Crippen LogP contribution in [0.4, 0.5) is 18.9 Å². The number of hydrogen-bond donors (Lipinski definition) is 2. The highest BCUT2D eigenvalue weighted by Crippen LogP contribution is 2.40. The quantitative estimate of drug-likeness (QED) is 0.693. The number of carbonyl (C=O) groups is 2. The molecular formula is C17H14Cl2F3N3O3. The average Bonchev–Trinajstić information content (AvgIpc) is 2.60. The normalized spacial score (nSPS) is 12.4. The molecule has 1 atom stereocenters. The number of benzene rings is 1. The van der Waals surface area contributed by atoms with Crippen LogP contribution in [0.15, 0.2) is 24.3 Å². The summed E-state index contributed by atoms with van der Waals surface area (Å²) in [6.45, 7) is 1.36. The van der Waals surface area contributed by atoms with Crippen LogP contribution < -0.4 is 15.8 Å². The van der Waals surface area contributed by atoms with Crippen LogP contribution in [-0.2, 0) is 11.0 Å². The van der Waals surface area contributed by atoms with Gasteiger partial charge in [0.25, 0.3) is 0 Å². The monoisotopic (exact) mass is 435 g/mol. The van der Waals surface area contributed by atoms with Gasteiger partial charge in [-0.05, 0) is 25.1 Å². The topological polar surface area (TPSA) is 94.3 Å². The number of pyridine rings is 1. The highest BCUT2D eigenvalue weighted by Gasteiger charge is 2.36. The van der Waals surface area contributed by atoms with E-state index < -0.39 is 45.8 Å². The Balaban J connectivity index is 2.71. The van der Waals surface area contributed by atoms with Crippen molar-refractivity contribution in [1.82, 2.24) is 4.98 Å². The first-order valence-electron chi connectivity index (χ1n) is 7.68. The number of amides is 1. The maximum Gasteiger partial charge on any atom is 0.417 e. The fourth-order valence-electron chi connectivity index (χ4n) is 2.18. The molecule has 0 saturated heterocycles. The molecule has 0 saturated carbocycles. The number of ether oxygens (including phenoxy) is 1. The van der Waals surface area contributed by atoms with E-state index in [9.17, 15) is 22.8 Å². The second-order valence-corrected chi connectivity index (χ2v) is 6.42. The smallest absolute Gasteiger partial charge is 0.417 e. The second-order valence-electron chi connectivity index (χ2n) is 5.64. The zero-order chi connectivity index (χ0) is 21.2.